The van der Waals surface area contributed by atoms with E-state index in [2.05, 4.69) is 109 Å². The van der Waals surface area contributed by atoms with Crippen molar-refractivity contribution in [2.75, 3.05) is 0 Å². The molecule has 0 aliphatic heterocycles. The summed E-state index contributed by atoms with van der Waals surface area (Å²) in [6, 6.07) is 60.9. The predicted octanol–water partition coefficient (Wildman–Crippen LogP) is 13.8. The van der Waals surface area contributed by atoms with Crippen molar-refractivity contribution in [3.05, 3.63) is 176 Å². The lowest BCUT2D eigenvalue weighted by Crippen LogP contribution is -2.01. The Kier molecular flexibility index (Phi) is 6.56. The van der Waals surface area contributed by atoms with Crippen LogP contribution in [0.2, 0.25) is 0 Å². The van der Waals surface area contributed by atoms with Crippen LogP contribution in [0.15, 0.2) is 185 Å². The van der Waals surface area contributed by atoms with Gasteiger partial charge in [0.2, 0.25) is 0 Å². The summed E-state index contributed by atoms with van der Waals surface area (Å²) in [4.78, 5) is 15.6. The Labute approximate surface area is 320 Å². The molecular formula is C51H29N3O2. The van der Waals surface area contributed by atoms with Crippen LogP contribution in [0.3, 0.4) is 0 Å². The molecular weight excluding hydrogens is 687 g/mol. The highest BCUT2D eigenvalue weighted by Crippen LogP contribution is 2.46. The van der Waals surface area contributed by atoms with Crippen LogP contribution in [-0.2, 0) is 0 Å². The molecule has 260 valence electrons. The first-order valence-electron chi connectivity index (χ1n) is 18.8. The summed E-state index contributed by atoms with van der Waals surface area (Å²) in [7, 11) is 0. The molecule has 0 saturated heterocycles. The molecule has 12 rings (SSSR count). The van der Waals surface area contributed by atoms with Crippen molar-refractivity contribution in [2.24, 2.45) is 0 Å². The number of hydrogen-bond donors (Lipinski definition) is 0. The largest absolute Gasteiger partial charge is 0.456 e. The normalized spacial score (nSPS) is 11.9. The van der Waals surface area contributed by atoms with E-state index in [0.717, 1.165) is 93.2 Å². The van der Waals surface area contributed by atoms with Crippen LogP contribution < -0.4 is 0 Å². The number of hydrogen-bond acceptors (Lipinski definition) is 5. The van der Waals surface area contributed by atoms with E-state index in [4.69, 9.17) is 23.8 Å². The molecule has 0 spiro atoms. The molecule has 0 N–H and O–H groups in total. The van der Waals surface area contributed by atoms with Crippen LogP contribution in [0.25, 0.3) is 121 Å². The molecule has 0 bridgehead atoms. The van der Waals surface area contributed by atoms with Crippen LogP contribution >= 0.6 is 0 Å². The number of fused-ring (bicyclic) bond motifs is 11. The average molecular weight is 716 g/mol. The summed E-state index contributed by atoms with van der Waals surface area (Å²) >= 11 is 0. The van der Waals surface area contributed by atoms with Gasteiger partial charge in [0.15, 0.2) is 17.5 Å². The Morgan fingerprint density at radius 1 is 0.304 bits per heavy atom. The van der Waals surface area contributed by atoms with Gasteiger partial charge in [-0.25, -0.2) is 15.0 Å². The van der Waals surface area contributed by atoms with Gasteiger partial charge in [0.05, 0.1) is 0 Å². The van der Waals surface area contributed by atoms with Gasteiger partial charge < -0.3 is 8.83 Å². The lowest BCUT2D eigenvalue weighted by atomic mass is 9.90. The molecule has 3 heterocycles. The SMILES string of the molecule is c1ccc(-c2nc(-c3cccc4c(-c5cc6ccc7ccccc7c6c6oc7ccccc7c56)cccc34)nc(-c3cccc4oc5ccccc5c34)n2)cc1. The van der Waals surface area contributed by atoms with Crippen molar-refractivity contribution in [1.82, 2.24) is 15.0 Å². The molecule has 0 fully saturated rings. The second-order valence-corrected chi connectivity index (χ2v) is 14.3. The highest BCUT2D eigenvalue weighted by Gasteiger charge is 2.22. The maximum absolute atomic E-state index is 6.77. The van der Waals surface area contributed by atoms with E-state index >= 15 is 0 Å². The Hall–Kier alpha value is -7.63. The Morgan fingerprint density at radius 2 is 0.857 bits per heavy atom. The van der Waals surface area contributed by atoms with E-state index < -0.39 is 0 Å². The molecule has 0 amide bonds. The first-order chi connectivity index (χ1) is 27.8. The van der Waals surface area contributed by atoms with Crippen LogP contribution in [-0.4, -0.2) is 15.0 Å². The van der Waals surface area contributed by atoms with Crippen LogP contribution in [0, 0.1) is 0 Å². The summed E-state index contributed by atoms with van der Waals surface area (Å²) in [6.45, 7) is 0. The van der Waals surface area contributed by atoms with Gasteiger partial charge >= 0.3 is 0 Å². The smallest absolute Gasteiger partial charge is 0.164 e. The average Bonchev–Trinajstić information content (AvgIpc) is 3.85. The fourth-order valence-corrected chi connectivity index (χ4v) is 8.63. The van der Waals surface area contributed by atoms with E-state index in [1.165, 1.54) is 10.8 Å². The quantitative estimate of drug-likeness (QED) is 0.170. The Morgan fingerprint density at radius 3 is 1.68 bits per heavy atom. The minimum Gasteiger partial charge on any atom is -0.456 e. The van der Waals surface area contributed by atoms with Crippen molar-refractivity contribution in [3.63, 3.8) is 0 Å². The number of aromatic nitrogens is 3. The summed E-state index contributed by atoms with van der Waals surface area (Å²) in [5.74, 6) is 1.80. The molecule has 0 saturated carbocycles. The summed E-state index contributed by atoms with van der Waals surface area (Å²) < 4.78 is 13.0. The van der Waals surface area contributed by atoms with Crippen molar-refractivity contribution in [2.45, 2.75) is 0 Å². The van der Waals surface area contributed by atoms with E-state index in [0.29, 0.717) is 17.5 Å². The molecule has 0 unspecified atom stereocenters. The Balaban J connectivity index is 1.13. The zero-order chi connectivity index (χ0) is 36.7. The van der Waals surface area contributed by atoms with E-state index in [9.17, 15) is 0 Å². The van der Waals surface area contributed by atoms with Crippen LogP contribution in [0.4, 0.5) is 0 Å². The summed E-state index contributed by atoms with van der Waals surface area (Å²) in [5, 5.41) is 11.0. The van der Waals surface area contributed by atoms with Crippen molar-refractivity contribution >= 4 is 76.2 Å². The molecule has 12 aromatic rings. The summed E-state index contributed by atoms with van der Waals surface area (Å²) in [6.07, 6.45) is 0. The van der Waals surface area contributed by atoms with Gasteiger partial charge in [-0.15, -0.1) is 0 Å². The number of benzene rings is 9. The van der Waals surface area contributed by atoms with Gasteiger partial charge in [-0.3, -0.25) is 0 Å². The third-order valence-electron chi connectivity index (χ3n) is 11.1. The van der Waals surface area contributed by atoms with Crippen molar-refractivity contribution < 1.29 is 8.83 Å². The van der Waals surface area contributed by atoms with Gasteiger partial charge in [-0.1, -0.05) is 152 Å². The number of rotatable bonds is 4. The fraction of sp³-hybridized carbons (Fsp3) is 0. The second-order valence-electron chi connectivity index (χ2n) is 14.3. The van der Waals surface area contributed by atoms with Crippen molar-refractivity contribution in [3.8, 4) is 45.3 Å². The van der Waals surface area contributed by atoms with Gasteiger partial charge in [0.25, 0.3) is 0 Å². The van der Waals surface area contributed by atoms with Crippen molar-refractivity contribution in [1.29, 1.82) is 0 Å². The first-order valence-corrected chi connectivity index (χ1v) is 18.8. The minimum atomic E-state index is 0.590. The lowest BCUT2D eigenvalue weighted by Gasteiger charge is -2.14. The highest BCUT2D eigenvalue weighted by atomic mass is 16.3. The molecule has 5 nitrogen and oxygen atoms in total. The fourth-order valence-electron chi connectivity index (χ4n) is 8.63. The number of para-hydroxylation sites is 2. The molecule has 0 radical (unpaired) electrons. The van der Waals surface area contributed by atoms with E-state index in [1.54, 1.807) is 0 Å². The molecule has 9 aromatic carbocycles. The number of furan rings is 2. The van der Waals surface area contributed by atoms with Gasteiger partial charge in [0, 0.05) is 43.6 Å². The van der Waals surface area contributed by atoms with Gasteiger partial charge in [0.1, 0.15) is 22.3 Å². The van der Waals surface area contributed by atoms with Crippen LogP contribution in [0.1, 0.15) is 0 Å². The van der Waals surface area contributed by atoms with E-state index in [-0.39, 0.29) is 0 Å². The molecule has 3 aromatic heterocycles. The zero-order valence-corrected chi connectivity index (χ0v) is 29.9. The molecule has 0 aliphatic carbocycles. The number of nitrogens with zero attached hydrogens (tertiary/aromatic N) is 3. The Bertz CT molecular complexity index is 3550. The second kappa shape index (κ2) is 11.9. The highest BCUT2D eigenvalue weighted by molar-refractivity contribution is 6.28. The predicted molar refractivity (Wildman–Crippen MR) is 229 cm³/mol. The monoisotopic (exact) mass is 715 g/mol. The van der Waals surface area contributed by atoms with Gasteiger partial charge in [-0.05, 0) is 62.3 Å². The molecule has 0 aliphatic rings. The maximum atomic E-state index is 6.77. The lowest BCUT2D eigenvalue weighted by molar-refractivity contribution is 0.669. The van der Waals surface area contributed by atoms with E-state index in [1.807, 2.05) is 66.7 Å². The minimum absolute atomic E-state index is 0.590. The standard InChI is InChI=1S/C51H29N3O2/c1-2-14-31(15-3-1)49-52-50(54-51(53-49)40-23-12-26-44-46(40)38-17-6-8-24-42(38)55-44)37-22-11-19-34-35(37)20-10-21-36(34)41-29-32-28-27-30-13-4-5-16-33(30)45(32)48-47(41)39-18-7-9-25-43(39)56-48/h1-29H. The third kappa shape index (κ3) is 4.58. The van der Waals surface area contributed by atoms with Gasteiger partial charge in [-0.2, -0.15) is 0 Å². The molecule has 5 heteroatoms. The third-order valence-corrected chi connectivity index (χ3v) is 11.1. The van der Waals surface area contributed by atoms with Crippen LogP contribution in [0.5, 0.6) is 0 Å². The topological polar surface area (TPSA) is 65.0 Å². The first kappa shape index (κ1) is 30.8. The molecule has 56 heavy (non-hydrogen) atoms. The zero-order valence-electron chi connectivity index (χ0n) is 29.9. The molecule has 0 atom stereocenters. The summed E-state index contributed by atoms with van der Waals surface area (Å²) in [5.41, 5.74) is 8.37. The maximum Gasteiger partial charge on any atom is 0.164 e.